The molecule has 1 saturated heterocycles. The number of anilines is 1. The van der Waals surface area contributed by atoms with Crippen molar-refractivity contribution in [3.8, 4) is 0 Å². The van der Waals surface area contributed by atoms with E-state index in [1.165, 1.54) is 12.1 Å². The number of para-hydroxylation sites is 2. The minimum Gasteiger partial charge on any atom is -0.423 e. The van der Waals surface area contributed by atoms with Crippen molar-refractivity contribution in [2.75, 3.05) is 18.0 Å². The molecule has 0 saturated carbocycles. The Kier molecular flexibility index (Phi) is 5.03. The number of hydrogen-bond acceptors (Lipinski definition) is 5. The van der Waals surface area contributed by atoms with Gasteiger partial charge in [0.25, 0.3) is 6.01 Å². The number of nitrogens with one attached hydrogen (secondary N) is 1. The maximum Gasteiger partial charge on any atom is 0.298 e. The molecule has 2 heterocycles. The van der Waals surface area contributed by atoms with Crippen molar-refractivity contribution in [3.05, 3.63) is 52.5 Å². The molecule has 1 aromatic heterocycles. The van der Waals surface area contributed by atoms with Crippen LogP contribution in [0, 0.1) is 0 Å². The standard InChI is InChI=1S/C18H17Cl2N3O3S/c19-12-7-8-14(20)17(10-12)27(24,25)21-11-13-4-3-9-23(13)18-22-15-5-1-2-6-16(15)26-18/h1-2,5-8,10,13,21H,3-4,9,11H2. The maximum atomic E-state index is 12.6. The quantitative estimate of drug-likeness (QED) is 0.666. The summed E-state index contributed by atoms with van der Waals surface area (Å²) in [4.78, 5) is 6.49. The molecule has 1 unspecified atom stereocenters. The third kappa shape index (κ3) is 3.78. The third-order valence-corrected chi connectivity index (χ3v) is 6.74. The summed E-state index contributed by atoms with van der Waals surface area (Å²) in [5.74, 6) is 0. The highest BCUT2D eigenvalue weighted by atomic mass is 35.5. The van der Waals surface area contributed by atoms with E-state index in [-0.39, 0.29) is 22.5 Å². The summed E-state index contributed by atoms with van der Waals surface area (Å²) in [6, 6.07) is 12.4. The summed E-state index contributed by atoms with van der Waals surface area (Å²) in [5.41, 5.74) is 1.49. The van der Waals surface area contributed by atoms with Crippen LogP contribution in [-0.2, 0) is 10.0 Å². The van der Waals surface area contributed by atoms with Crippen molar-refractivity contribution in [2.24, 2.45) is 0 Å². The molecule has 1 atom stereocenters. The average Bonchev–Trinajstić information content (AvgIpc) is 3.27. The second kappa shape index (κ2) is 7.31. The molecule has 1 N–H and O–H groups in total. The number of sulfonamides is 1. The molecule has 0 spiro atoms. The van der Waals surface area contributed by atoms with Gasteiger partial charge in [0.1, 0.15) is 10.4 Å². The molecule has 1 aliphatic rings. The SMILES string of the molecule is O=S(=O)(NCC1CCCN1c1nc2ccccc2o1)c1cc(Cl)ccc1Cl. The highest BCUT2D eigenvalue weighted by Crippen LogP contribution is 2.29. The molecule has 27 heavy (non-hydrogen) atoms. The van der Waals surface area contributed by atoms with Crippen LogP contribution in [0.4, 0.5) is 6.01 Å². The van der Waals surface area contributed by atoms with E-state index in [9.17, 15) is 8.42 Å². The predicted octanol–water partition coefficient (Wildman–Crippen LogP) is 4.08. The Bertz CT molecular complexity index is 1050. The van der Waals surface area contributed by atoms with Gasteiger partial charge < -0.3 is 9.32 Å². The van der Waals surface area contributed by atoms with Crippen molar-refractivity contribution in [3.63, 3.8) is 0 Å². The normalized spacial score (nSPS) is 17.7. The molecule has 6 nitrogen and oxygen atoms in total. The molecule has 0 radical (unpaired) electrons. The van der Waals surface area contributed by atoms with E-state index in [0.29, 0.717) is 16.6 Å². The number of fused-ring (bicyclic) bond motifs is 1. The van der Waals surface area contributed by atoms with E-state index in [4.69, 9.17) is 27.6 Å². The Morgan fingerprint density at radius 2 is 2.04 bits per heavy atom. The van der Waals surface area contributed by atoms with Gasteiger partial charge in [0.15, 0.2) is 5.58 Å². The fourth-order valence-corrected chi connectivity index (χ4v) is 5.08. The first-order chi connectivity index (χ1) is 12.9. The first-order valence-corrected chi connectivity index (χ1v) is 10.7. The van der Waals surface area contributed by atoms with Gasteiger partial charge in [-0.25, -0.2) is 13.1 Å². The minimum atomic E-state index is -3.78. The first kappa shape index (κ1) is 18.6. The average molecular weight is 426 g/mol. The van der Waals surface area contributed by atoms with Gasteiger partial charge in [-0.05, 0) is 43.2 Å². The second-order valence-corrected chi connectivity index (χ2v) is 8.96. The number of rotatable bonds is 5. The largest absolute Gasteiger partial charge is 0.423 e. The number of oxazole rings is 1. The number of benzene rings is 2. The molecule has 1 aliphatic heterocycles. The predicted molar refractivity (Wildman–Crippen MR) is 106 cm³/mol. The van der Waals surface area contributed by atoms with Crippen LogP contribution in [0.25, 0.3) is 11.1 Å². The van der Waals surface area contributed by atoms with Gasteiger partial charge in [0.2, 0.25) is 10.0 Å². The molecular formula is C18H17Cl2N3O3S. The number of nitrogens with zero attached hydrogens (tertiary/aromatic N) is 2. The lowest BCUT2D eigenvalue weighted by Crippen LogP contribution is -2.40. The van der Waals surface area contributed by atoms with Crippen LogP contribution >= 0.6 is 23.2 Å². The van der Waals surface area contributed by atoms with Crippen molar-refractivity contribution < 1.29 is 12.8 Å². The summed E-state index contributed by atoms with van der Waals surface area (Å²) in [7, 11) is -3.78. The van der Waals surface area contributed by atoms with E-state index in [2.05, 4.69) is 9.71 Å². The van der Waals surface area contributed by atoms with Crippen molar-refractivity contribution >= 4 is 50.3 Å². The second-order valence-electron chi connectivity index (χ2n) is 6.38. The van der Waals surface area contributed by atoms with E-state index in [1.54, 1.807) is 6.07 Å². The molecule has 9 heteroatoms. The highest BCUT2D eigenvalue weighted by Gasteiger charge is 2.30. The van der Waals surface area contributed by atoms with Crippen LogP contribution in [0.15, 0.2) is 51.8 Å². The Morgan fingerprint density at radius 1 is 1.22 bits per heavy atom. The van der Waals surface area contributed by atoms with Gasteiger partial charge in [-0.1, -0.05) is 35.3 Å². The van der Waals surface area contributed by atoms with E-state index in [0.717, 1.165) is 24.9 Å². The molecule has 2 aromatic carbocycles. The Labute approximate surface area is 167 Å². The van der Waals surface area contributed by atoms with Crippen LogP contribution in [0.5, 0.6) is 0 Å². The minimum absolute atomic E-state index is 0.0249. The smallest absolute Gasteiger partial charge is 0.298 e. The summed E-state index contributed by atoms with van der Waals surface area (Å²) < 4.78 is 33.7. The van der Waals surface area contributed by atoms with Crippen LogP contribution in [-0.4, -0.2) is 32.5 Å². The van der Waals surface area contributed by atoms with Gasteiger partial charge in [0.05, 0.1) is 5.02 Å². The number of halogens is 2. The molecular weight excluding hydrogens is 409 g/mol. The molecule has 0 bridgehead atoms. The lowest BCUT2D eigenvalue weighted by Gasteiger charge is -2.23. The van der Waals surface area contributed by atoms with E-state index < -0.39 is 10.0 Å². The third-order valence-electron chi connectivity index (χ3n) is 4.60. The first-order valence-electron chi connectivity index (χ1n) is 8.51. The van der Waals surface area contributed by atoms with Gasteiger partial charge in [0, 0.05) is 24.2 Å². The van der Waals surface area contributed by atoms with E-state index in [1.807, 2.05) is 29.2 Å². The summed E-state index contributed by atoms with van der Waals surface area (Å²) in [5, 5.41) is 0.447. The van der Waals surface area contributed by atoms with Crippen LogP contribution in [0.1, 0.15) is 12.8 Å². The zero-order valence-corrected chi connectivity index (χ0v) is 16.6. The van der Waals surface area contributed by atoms with Crippen molar-refractivity contribution in [1.29, 1.82) is 0 Å². The molecule has 4 rings (SSSR count). The molecule has 0 amide bonds. The zero-order valence-electron chi connectivity index (χ0n) is 14.2. The number of hydrogen-bond donors (Lipinski definition) is 1. The molecule has 142 valence electrons. The lowest BCUT2D eigenvalue weighted by atomic mass is 10.2. The van der Waals surface area contributed by atoms with E-state index >= 15 is 0 Å². The topological polar surface area (TPSA) is 75.4 Å². The number of aromatic nitrogens is 1. The Hall–Kier alpha value is -1.80. The summed E-state index contributed by atoms with van der Waals surface area (Å²) in [6.45, 7) is 0.987. The van der Waals surface area contributed by atoms with Crippen molar-refractivity contribution in [1.82, 2.24) is 9.71 Å². The van der Waals surface area contributed by atoms with Gasteiger partial charge in [-0.3, -0.25) is 0 Å². The highest BCUT2D eigenvalue weighted by molar-refractivity contribution is 7.89. The van der Waals surface area contributed by atoms with Crippen molar-refractivity contribution in [2.45, 2.75) is 23.8 Å². The van der Waals surface area contributed by atoms with Gasteiger partial charge >= 0.3 is 0 Å². The maximum absolute atomic E-state index is 12.6. The van der Waals surface area contributed by atoms with Gasteiger partial charge in [-0.15, -0.1) is 0 Å². The van der Waals surface area contributed by atoms with Gasteiger partial charge in [-0.2, -0.15) is 4.98 Å². The fraction of sp³-hybridized carbons (Fsp3) is 0.278. The Balaban J connectivity index is 1.52. The lowest BCUT2D eigenvalue weighted by molar-refractivity contribution is 0.534. The fourth-order valence-electron chi connectivity index (χ4n) is 3.25. The van der Waals surface area contributed by atoms with Crippen LogP contribution in [0.2, 0.25) is 10.0 Å². The summed E-state index contributed by atoms with van der Waals surface area (Å²) >= 11 is 11.9. The zero-order chi connectivity index (χ0) is 19.0. The monoisotopic (exact) mass is 425 g/mol. The van der Waals surface area contributed by atoms with Crippen LogP contribution in [0.3, 0.4) is 0 Å². The molecule has 0 aliphatic carbocycles. The Morgan fingerprint density at radius 3 is 2.85 bits per heavy atom. The molecule has 3 aromatic rings. The summed E-state index contributed by atoms with van der Waals surface area (Å²) in [6.07, 6.45) is 1.77. The molecule has 1 fully saturated rings. The van der Waals surface area contributed by atoms with Crippen LogP contribution < -0.4 is 9.62 Å².